The fourth-order valence-corrected chi connectivity index (χ4v) is 5.25. The van der Waals surface area contributed by atoms with E-state index >= 15 is 0 Å². The minimum atomic E-state index is -0.222. The second-order valence-corrected chi connectivity index (χ2v) is 10.8. The van der Waals surface area contributed by atoms with Gasteiger partial charge in [0.1, 0.15) is 0 Å². The molecule has 0 saturated carbocycles. The van der Waals surface area contributed by atoms with Gasteiger partial charge in [-0.2, -0.15) is 0 Å². The van der Waals surface area contributed by atoms with Crippen LogP contribution in [0.5, 0.6) is 0 Å². The summed E-state index contributed by atoms with van der Waals surface area (Å²) in [6.45, 7) is 0. The number of carbonyl (C=O) groups excluding carboxylic acids is 2. The molecule has 0 saturated heterocycles. The Balaban J connectivity index is 1.69. The van der Waals surface area contributed by atoms with Gasteiger partial charge in [0.05, 0.1) is 28.7 Å². The largest absolute Gasteiger partial charge is 0.319 e. The van der Waals surface area contributed by atoms with Gasteiger partial charge < -0.3 is 10.6 Å². The van der Waals surface area contributed by atoms with Gasteiger partial charge >= 0.3 is 0 Å². The molecule has 140 valence electrons. The molecule has 2 aromatic heterocycles. The topological polar surface area (TPSA) is 58.2 Å². The van der Waals surface area contributed by atoms with Crippen LogP contribution in [-0.2, 0) is 0 Å². The maximum absolute atomic E-state index is 12.6. The van der Waals surface area contributed by atoms with Gasteiger partial charge in [-0.3, -0.25) is 9.59 Å². The highest BCUT2D eigenvalue weighted by Gasteiger charge is 2.16. The minimum absolute atomic E-state index is 0.222. The fourth-order valence-electron chi connectivity index (χ4n) is 2.69. The number of fused-ring (bicyclic) bond motifs is 1. The number of carbonyl (C=O) groups is 2. The molecule has 4 nitrogen and oxygen atoms in total. The lowest BCUT2D eigenvalue weighted by molar-refractivity contribution is 0.102. The molecule has 0 aliphatic carbocycles. The number of anilines is 2. The number of rotatable bonds is 4. The lowest BCUT2D eigenvalue weighted by Gasteiger charge is -2.13. The van der Waals surface area contributed by atoms with Gasteiger partial charge in [0.2, 0.25) is 0 Å². The van der Waals surface area contributed by atoms with Crippen molar-refractivity contribution in [1.82, 2.24) is 0 Å². The first-order valence-electron chi connectivity index (χ1n) is 8.16. The van der Waals surface area contributed by atoms with Gasteiger partial charge in [-0.25, -0.2) is 0 Å². The molecule has 2 amide bonds. The van der Waals surface area contributed by atoms with Crippen molar-refractivity contribution in [3.63, 3.8) is 0 Å². The number of thiophene rings is 2. The van der Waals surface area contributed by atoms with Crippen molar-refractivity contribution < 1.29 is 9.59 Å². The Hall–Kier alpha value is -2.00. The van der Waals surface area contributed by atoms with E-state index in [1.165, 1.54) is 22.7 Å². The first-order valence-corrected chi connectivity index (χ1v) is 11.4. The van der Waals surface area contributed by atoms with E-state index in [-0.39, 0.29) is 11.8 Å². The van der Waals surface area contributed by atoms with Crippen LogP contribution in [0.2, 0.25) is 0 Å². The van der Waals surface area contributed by atoms with Crippen LogP contribution >= 0.6 is 54.5 Å². The number of hydrogen-bond acceptors (Lipinski definition) is 4. The summed E-state index contributed by atoms with van der Waals surface area (Å²) >= 11 is 9.45. The zero-order valence-electron chi connectivity index (χ0n) is 14.2. The quantitative estimate of drug-likeness (QED) is 0.296. The van der Waals surface area contributed by atoms with Crippen LogP contribution in [0.15, 0.2) is 68.2 Å². The average Bonchev–Trinajstić information content (AvgIpc) is 3.30. The second-order valence-electron chi connectivity index (χ2n) is 5.86. The molecule has 2 aromatic carbocycles. The van der Waals surface area contributed by atoms with Gasteiger partial charge in [0.15, 0.2) is 0 Å². The monoisotopic (exact) mass is 534 g/mol. The molecule has 0 unspecified atom stereocenters. The maximum Gasteiger partial charge on any atom is 0.265 e. The summed E-state index contributed by atoms with van der Waals surface area (Å²) in [6.07, 6.45) is 0. The molecule has 28 heavy (non-hydrogen) atoms. The average molecular weight is 536 g/mol. The third-order valence-electron chi connectivity index (χ3n) is 3.98. The summed E-state index contributed by atoms with van der Waals surface area (Å²) in [7, 11) is 0. The summed E-state index contributed by atoms with van der Waals surface area (Å²) < 4.78 is 1.76. The molecule has 8 heteroatoms. The van der Waals surface area contributed by atoms with Crippen LogP contribution in [0.1, 0.15) is 19.3 Å². The van der Waals surface area contributed by atoms with Crippen LogP contribution in [0.4, 0.5) is 11.4 Å². The Morgan fingerprint density at radius 1 is 0.679 bits per heavy atom. The summed E-state index contributed by atoms with van der Waals surface area (Å²) in [5.74, 6) is -0.444. The van der Waals surface area contributed by atoms with Gasteiger partial charge in [-0.05, 0) is 79.0 Å². The molecule has 4 aromatic rings. The van der Waals surface area contributed by atoms with Crippen molar-refractivity contribution in [1.29, 1.82) is 0 Å². The van der Waals surface area contributed by atoms with Gasteiger partial charge in [0.25, 0.3) is 11.8 Å². The van der Waals surface area contributed by atoms with Crippen molar-refractivity contribution >= 4 is 88.5 Å². The fraction of sp³-hybridized carbons (Fsp3) is 0. The smallest absolute Gasteiger partial charge is 0.265 e. The van der Waals surface area contributed by atoms with E-state index in [0.29, 0.717) is 21.1 Å². The SMILES string of the molecule is O=C(Nc1cc2ccccc2cc1NC(=O)c1ccc(Br)s1)c1ccc(Br)s1. The van der Waals surface area contributed by atoms with Crippen LogP contribution in [0.3, 0.4) is 0 Å². The van der Waals surface area contributed by atoms with E-state index in [1.54, 1.807) is 12.1 Å². The summed E-state index contributed by atoms with van der Waals surface area (Å²) in [6, 6.07) is 18.7. The minimum Gasteiger partial charge on any atom is -0.319 e. The highest BCUT2D eigenvalue weighted by Crippen LogP contribution is 2.31. The van der Waals surface area contributed by atoms with E-state index in [4.69, 9.17) is 0 Å². The predicted molar refractivity (Wildman–Crippen MR) is 124 cm³/mol. The van der Waals surface area contributed by atoms with Crippen molar-refractivity contribution in [2.24, 2.45) is 0 Å². The molecule has 0 aliphatic rings. The summed E-state index contributed by atoms with van der Waals surface area (Å²) in [5.41, 5.74) is 1.11. The first kappa shape index (κ1) is 19.3. The van der Waals surface area contributed by atoms with E-state index in [2.05, 4.69) is 42.5 Å². The number of nitrogens with one attached hydrogen (secondary N) is 2. The normalized spacial score (nSPS) is 10.8. The molecule has 0 atom stereocenters. The molecule has 0 fully saturated rings. The van der Waals surface area contributed by atoms with E-state index in [1.807, 2.05) is 48.5 Å². The van der Waals surface area contributed by atoms with Gasteiger partial charge in [-0.15, -0.1) is 22.7 Å². The second kappa shape index (κ2) is 8.16. The lowest BCUT2D eigenvalue weighted by atomic mass is 10.1. The molecule has 4 rings (SSSR count). The number of halogens is 2. The standard InChI is InChI=1S/C20H12Br2N2O2S2/c21-17-7-5-15(27-17)19(25)23-13-9-11-3-1-2-4-12(11)10-14(13)24-20(26)16-6-8-18(22)28-16/h1-10H,(H,23,25)(H,24,26). The highest BCUT2D eigenvalue weighted by molar-refractivity contribution is 9.11. The zero-order valence-corrected chi connectivity index (χ0v) is 19.0. The summed E-state index contributed by atoms with van der Waals surface area (Å²) in [5, 5.41) is 7.80. The Labute approximate surface area is 185 Å². The molecule has 2 N–H and O–H groups in total. The number of benzene rings is 2. The molecule has 2 heterocycles. The molecule has 0 bridgehead atoms. The van der Waals surface area contributed by atoms with E-state index < -0.39 is 0 Å². The molecular weight excluding hydrogens is 524 g/mol. The van der Waals surface area contributed by atoms with Crippen LogP contribution in [0, 0.1) is 0 Å². The Morgan fingerprint density at radius 2 is 1.11 bits per heavy atom. The van der Waals surface area contributed by atoms with Crippen LogP contribution in [0.25, 0.3) is 10.8 Å². The highest BCUT2D eigenvalue weighted by atomic mass is 79.9. The Bertz CT molecular complexity index is 1110. The molecular formula is C20H12Br2N2O2S2. The third kappa shape index (κ3) is 4.20. The maximum atomic E-state index is 12.6. The number of hydrogen-bond donors (Lipinski definition) is 2. The van der Waals surface area contributed by atoms with Gasteiger partial charge in [0, 0.05) is 0 Å². The third-order valence-corrected chi connectivity index (χ3v) is 7.22. The van der Waals surface area contributed by atoms with Crippen molar-refractivity contribution in [2.75, 3.05) is 10.6 Å². The molecule has 0 spiro atoms. The Morgan fingerprint density at radius 3 is 1.46 bits per heavy atom. The molecule has 0 aliphatic heterocycles. The summed E-state index contributed by atoms with van der Waals surface area (Å²) in [4.78, 5) is 26.4. The van der Waals surface area contributed by atoms with Crippen molar-refractivity contribution in [3.05, 3.63) is 78.0 Å². The lowest BCUT2D eigenvalue weighted by Crippen LogP contribution is -2.15. The first-order chi connectivity index (χ1) is 13.5. The van der Waals surface area contributed by atoms with Crippen LogP contribution in [-0.4, -0.2) is 11.8 Å². The van der Waals surface area contributed by atoms with Gasteiger partial charge in [-0.1, -0.05) is 24.3 Å². The van der Waals surface area contributed by atoms with Crippen LogP contribution < -0.4 is 10.6 Å². The number of amides is 2. The predicted octanol–water partition coefficient (Wildman–Crippen LogP) is 6.99. The molecule has 0 radical (unpaired) electrons. The van der Waals surface area contributed by atoms with E-state index in [9.17, 15) is 9.59 Å². The Kier molecular flexibility index (Phi) is 5.63. The van der Waals surface area contributed by atoms with E-state index in [0.717, 1.165) is 18.3 Å². The zero-order chi connectivity index (χ0) is 19.7. The van der Waals surface area contributed by atoms with Crippen molar-refractivity contribution in [3.8, 4) is 0 Å². The van der Waals surface area contributed by atoms with Crippen molar-refractivity contribution in [2.45, 2.75) is 0 Å².